The summed E-state index contributed by atoms with van der Waals surface area (Å²) in [7, 11) is -4.82. The van der Waals surface area contributed by atoms with Crippen molar-refractivity contribution in [2.45, 2.75) is 36.8 Å². The molecule has 0 bridgehead atoms. The van der Waals surface area contributed by atoms with E-state index in [0.29, 0.717) is 13.0 Å². The van der Waals surface area contributed by atoms with E-state index in [1.54, 1.807) is 0 Å². The third kappa shape index (κ3) is 3.31. The Morgan fingerprint density at radius 2 is 1.48 bits per heavy atom. The molecule has 0 aliphatic carbocycles. The molecular weight excluding hydrogens is 385 g/mol. The molecule has 25 heavy (non-hydrogen) atoms. The quantitative estimate of drug-likeness (QED) is 0.787. The zero-order valence-electron chi connectivity index (χ0n) is 12.6. The van der Waals surface area contributed by atoms with Gasteiger partial charge in [-0.15, -0.1) is 0 Å². The van der Waals surface area contributed by atoms with Gasteiger partial charge in [-0.2, -0.15) is 26.3 Å². The maximum atomic E-state index is 14.3. The zero-order chi connectivity index (χ0) is 20.0. The summed E-state index contributed by atoms with van der Waals surface area (Å²) in [6.45, 7) is 1.61. The zero-order valence-corrected chi connectivity index (χ0v) is 13.4. The first kappa shape index (κ1) is 21.2. The maximum Gasteiger partial charge on any atom is 0.435 e. The van der Waals surface area contributed by atoms with Crippen molar-refractivity contribution in [3.8, 4) is 0 Å². The summed E-state index contributed by atoms with van der Waals surface area (Å²) in [4.78, 5) is 9.38. The summed E-state index contributed by atoms with van der Waals surface area (Å²) in [5, 5.41) is 8.91. The summed E-state index contributed by atoms with van der Waals surface area (Å²) >= 11 is 0. The highest BCUT2D eigenvalue weighted by Crippen LogP contribution is 2.55. The number of sulfone groups is 1. The fourth-order valence-electron chi connectivity index (χ4n) is 2.21. The fraction of sp³-hybridized carbons (Fsp3) is 0.462. The first-order chi connectivity index (χ1) is 11.0. The van der Waals surface area contributed by atoms with Crippen LogP contribution in [0.5, 0.6) is 0 Å². The van der Waals surface area contributed by atoms with Crippen molar-refractivity contribution in [1.29, 1.82) is 0 Å². The van der Waals surface area contributed by atoms with Crippen LogP contribution in [0.3, 0.4) is 0 Å². The molecule has 0 radical (unpaired) electrons. The SMILES string of the molecule is CCS(=O)(=O)c1c(C(F)(C(F)(F)F)C(F)(F)F)ccc(C(=O)O)c1C. The van der Waals surface area contributed by atoms with Gasteiger partial charge in [0, 0.05) is 5.56 Å². The average molecular weight is 396 g/mol. The molecule has 0 amide bonds. The van der Waals surface area contributed by atoms with E-state index in [9.17, 15) is 43.9 Å². The number of benzene rings is 1. The van der Waals surface area contributed by atoms with E-state index in [4.69, 9.17) is 5.11 Å². The molecule has 0 aliphatic rings. The van der Waals surface area contributed by atoms with Crippen molar-refractivity contribution in [1.82, 2.24) is 0 Å². The van der Waals surface area contributed by atoms with Gasteiger partial charge in [-0.25, -0.2) is 17.6 Å². The second kappa shape index (κ2) is 6.15. The van der Waals surface area contributed by atoms with Crippen molar-refractivity contribution < 1.29 is 49.1 Å². The van der Waals surface area contributed by atoms with Gasteiger partial charge in [0.05, 0.1) is 16.2 Å². The number of aromatic carboxylic acids is 1. The number of carboxylic acids is 1. The van der Waals surface area contributed by atoms with E-state index in [1.165, 1.54) is 0 Å². The lowest BCUT2D eigenvalue weighted by molar-refractivity contribution is -0.349. The summed E-state index contributed by atoms with van der Waals surface area (Å²) in [5.74, 6) is -2.75. The molecule has 0 saturated carbocycles. The first-order valence-corrected chi connectivity index (χ1v) is 8.10. The Labute approximate surface area is 137 Å². The van der Waals surface area contributed by atoms with E-state index in [0.717, 1.165) is 6.92 Å². The number of carboxylic acid groups (broad SMARTS) is 1. The minimum absolute atomic E-state index is 0.111. The molecule has 0 atom stereocenters. The van der Waals surface area contributed by atoms with Crippen LogP contribution in [0.2, 0.25) is 0 Å². The van der Waals surface area contributed by atoms with E-state index in [2.05, 4.69) is 0 Å². The third-order valence-corrected chi connectivity index (χ3v) is 5.39. The molecule has 0 heterocycles. The first-order valence-electron chi connectivity index (χ1n) is 6.44. The molecule has 12 heteroatoms. The van der Waals surface area contributed by atoms with Crippen LogP contribution >= 0.6 is 0 Å². The second-order valence-corrected chi connectivity index (χ2v) is 7.19. The largest absolute Gasteiger partial charge is 0.478 e. The Morgan fingerprint density at radius 1 is 1.04 bits per heavy atom. The third-order valence-electron chi connectivity index (χ3n) is 3.48. The minimum atomic E-state index is -6.53. The lowest BCUT2D eigenvalue weighted by Gasteiger charge is -2.32. The lowest BCUT2D eigenvalue weighted by atomic mass is 9.91. The number of halogens is 7. The van der Waals surface area contributed by atoms with Crippen molar-refractivity contribution >= 4 is 15.8 Å². The van der Waals surface area contributed by atoms with E-state index in [-0.39, 0.29) is 6.07 Å². The van der Waals surface area contributed by atoms with Gasteiger partial charge in [-0.05, 0) is 18.6 Å². The van der Waals surface area contributed by atoms with Gasteiger partial charge in [0.25, 0.3) is 0 Å². The summed E-state index contributed by atoms with van der Waals surface area (Å²) in [6, 6.07) is 0.188. The molecule has 4 nitrogen and oxygen atoms in total. The topological polar surface area (TPSA) is 71.4 Å². The van der Waals surface area contributed by atoms with Crippen LogP contribution in [0, 0.1) is 6.92 Å². The van der Waals surface area contributed by atoms with Crippen molar-refractivity contribution in [3.05, 3.63) is 28.8 Å². The summed E-state index contributed by atoms with van der Waals surface area (Å²) < 4.78 is 116. The summed E-state index contributed by atoms with van der Waals surface area (Å²) in [5.41, 5.74) is -9.97. The molecule has 1 aromatic rings. The maximum absolute atomic E-state index is 14.3. The van der Waals surface area contributed by atoms with Crippen LogP contribution in [0.4, 0.5) is 30.7 Å². The Hall–Kier alpha value is -1.85. The van der Waals surface area contributed by atoms with Crippen LogP contribution in [-0.2, 0) is 15.5 Å². The van der Waals surface area contributed by atoms with Crippen molar-refractivity contribution in [2.24, 2.45) is 0 Å². The Kier molecular flexibility index (Phi) is 5.21. The second-order valence-electron chi connectivity index (χ2n) is 4.98. The van der Waals surface area contributed by atoms with E-state index in [1.807, 2.05) is 0 Å². The average Bonchev–Trinajstić information content (AvgIpc) is 2.42. The number of carbonyl (C=O) groups is 1. The van der Waals surface area contributed by atoms with Gasteiger partial charge in [0.15, 0.2) is 9.84 Å². The Morgan fingerprint density at radius 3 is 1.80 bits per heavy atom. The molecule has 1 aromatic carbocycles. The Balaban J connectivity index is 4.13. The molecule has 0 fully saturated rings. The van der Waals surface area contributed by atoms with Crippen LogP contribution in [-0.4, -0.2) is 37.6 Å². The minimum Gasteiger partial charge on any atom is -0.478 e. The highest BCUT2D eigenvalue weighted by Gasteiger charge is 2.74. The smallest absolute Gasteiger partial charge is 0.435 e. The molecule has 142 valence electrons. The van der Waals surface area contributed by atoms with Gasteiger partial charge in [0.2, 0.25) is 0 Å². The van der Waals surface area contributed by atoms with E-state index >= 15 is 0 Å². The standard InChI is InChI=1S/C13H11F7O4S/c1-3-25(23,24)9-6(2)7(10(21)22)4-5-8(9)11(14,12(15,16)17)13(18,19)20/h4-5H,3H2,1-2H3,(H,21,22). The number of alkyl halides is 7. The van der Waals surface area contributed by atoms with Crippen molar-refractivity contribution in [2.75, 3.05) is 5.75 Å². The number of rotatable bonds is 4. The monoisotopic (exact) mass is 396 g/mol. The van der Waals surface area contributed by atoms with Crippen LogP contribution in [0.1, 0.15) is 28.4 Å². The van der Waals surface area contributed by atoms with Gasteiger partial charge in [-0.1, -0.05) is 13.0 Å². The molecule has 1 rings (SSSR count). The van der Waals surface area contributed by atoms with Gasteiger partial charge >= 0.3 is 24.0 Å². The Bertz CT molecular complexity index is 780. The highest BCUT2D eigenvalue weighted by atomic mass is 32.2. The molecular formula is C13H11F7O4S. The molecule has 0 spiro atoms. The van der Waals surface area contributed by atoms with Crippen LogP contribution in [0.25, 0.3) is 0 Å². The predicted molar refractivity (Wildman–Crippen MR) is 70.8 cm³/mol. The molecule has 0 aliphatic heterocycles. The summed E-state index contributed by atoms with van der Waals surface area (Å²) in [6.07, 6.45) is -13.1. The van der Waals surface area contributed by atoms with E-state index < -0.39 is 61.2 Å². The molecule has 0 saturated heterocycles. The van der Waals surface area contributed by atoms with Gasteiger partial charge < -0.3 is 5.11 Å². The van der Waals surface area contributed by atoms with Crippen LogP contribution in [0.15, 0.2) is 17.0 Å². The molecule has 1 N–H and O–H groups in total. The molecule has 0 aromatic heterocycles. The normalized spacial score (nSPS) is 13.8. The van der Waals surface area contributed by atoms with Crippen molar-refractivity contribution in [3.63, 3.8) is 0 Å². The fourth-order valence-corrected chi connectivity index (χ4v) is 3.61. The lowest BCUT2D eigenvalue weighted by Crippen LogP contribution is -2.51. The van der Waals surface area contributed by atoms with Gasteiger partial charge in [-0.3, -0.25) is 0 Å². The predicted octanol–water partition coefficient (Wildman–Crippen LogP) is 3.78. The number of hydrogen-bond acceptors (Lipinski definition) is 3. The highest BCUT2D eigenvalue weighted by molar-refractivity contribution is 7.91. The van der Waals surface area contributed by atoms with Gasteiger partial charge in [0.1, 0.15) is 0 Å². The van der Waals surface area contributed by atoms with Crippen LogP contribution < -0.4 is 0 Å². The number of hydrogen-bond donors (Lipinski definition) is 1. The molecule has 0 unspecified atom stereocenters.